The van der Waals surface area contributed by atoms with Crippen molar-refractivity contribution in [1.82, 2.24) is 4.57 Å². The van der Waals surface area contributed by atoms with Crippen molar-refractivity contribution < 1.29 is 14.3 Å². The average Bonchev–Trinajstić information content (AvgIpc) is 2.97. The molecule has 6 nitrogen and oxygen atoms in total. The SMILES string of the molecule is COc1ccc(-n2c(N)c(C(=O)Nc3ccccc3C)sc2=S)c(OC)c1. The Kier molecular flexibility index (Phi) is 5.48. The number of amides is 1. The molecule has 0 spiro atoms. The number of nitrogens with two attached hydrogens (primary N) is 1. The molecule has 1 amide bonds. The molecule has 27 heavy (non-hydrogen) atoms. The number of aryl methyl sites for hydroxylation is 1. The molecule has 1 heterocycles. The summed E-state index contributed by atoms with van der Waals surface area (Å²) in [4.78, 5) is 13.1. The van der Waals surface area contributed by atoms with Gasteiger partial charge in [-0.15, -0.1) is 0 Å². The Hall–Kier alpha value is -2.84. The van der Waals surface area contributed by atoms with Gasteiger partial charge in [0.1, 0.15) is 22.2 Å². The Morgan fingerprint density at radius 2 is 1.93 bits per heavy atom. The molecule has 3 N–H and O–H groups in total. The molecular formula is C19H19N3O3S2. The lowest BCUT2D eigenvalue weighted by Crippen LogP contribution is -2.14. The molecule has 0 atom stereocenters. The van der Waals surface area contributed by atoms with Crippen LogP contribution in [0.3, 0.4) is 0 Å². The minimum absolute atomic E-state index is 0.263. The zero-order valence-electron chi connectivity index (χ0n) is 15.1. The third-order valence-electron chi connectivity index (χ3n) is 4.07. The van der Waals surface area contributed by atoms with Gasteiger partial charge in [-0.05, 0) is 42.9 Å². The maximum atomic E-state index is 12.7. The van der Waals surface area contributed by atoms with Crippen LogP contribution in [0.15, 0.2) is 42.5 Å². The second-order valence-corrected chi connectivity index (χ2v) is 7.37. The number of thiazole rings is 1. The number of hydrogen-bond donors (Lipinski definition) is 2. The van der Waals surface area contributed by atoms with E-state index < -0.39 is 0 Å². The highest BCUT2D eigenvalue weighted by molar-refractivity contribution is 7.73. The summed E-state index contributed by atoms with van der Waals surface area (Å²) in [6.07, 6.45) is 0. The third kappa shape index (κ3) is 3.67. The van der Waals surface area contributed by atoms with Crippen molar-refractivity contribution in [3.8, 4) is 17.2 Å². The summed E-state index contributed by atoms with van der Waals surface area (Å²) in [5.74, 6) is 1.15. The summed E-state index contributed by atoms with van der Waals surface area (Å²) in [5, 5.41) is 2.89. The second kappa shape index (κ2) is 7.81. The Labute approximate surface area is 166 Å². The molecule has 8 heteroatoms. The van der Waals surface area contributed by atoms with E-state index in [1.807, 2.05) is 31.2 Å². The van der Waals surface area contributed by atoms with Crippen LogP contribution in [0.4, 0.5) is 11.5 Å². The van der Waals surface area contributed by atoms with E-state index in [9.17, 15) is 4.79 Å². The highest BCUT2D eigenvalue weighted by atomic mass is 32.1. The molecule has 3 rings (SSSR count). The highest BCUT2D eigenvalue weighted by Crippen LogP contribution is 2.34. The molecule has 2 aromatic carbocycles. The number of nitrogen functional groups attached to an aromatic ring is 1. The van der Waals surface area contributed by atoms with Crippen molar-refractivity contribution >= 4 is 41.0 Å². The molecule has 0 bridgehead atoms. The first-order valence-corrected chi connectivity index (χ1v) is 9.29. The summed E-state index contributed by atoms with van der Waals surface area (Å²) in [5.41, 5.74) is 8.62. The van der Waals surface area contributed by atoms with Gasteiger partial charge >= 0.3 is 0 Å². The molecule has 0 saturated heterocycles. The zero-order valence-corrected chi connectivity index (χ0v) is 16.7. The summed E-state index contributed by atoms with van der Waals surface area (Å²) in [6.45, 7) is 1.92. The van der Waals surface area contributed by atoms with Gasteiger partial charge in [-0.25, -0.2) is 0 Å². The fourth-order valence-corrected chi connectivity index (χ4v) is 3.89. The number of methoxy groups -OCH3 is 2. The van der Waals surface area contributed by atoms with Crippen molar-refractivity contribution in [3.05, 3.63) is 56.9 Å². The van der Waals surface area contributed by atoms with Gasteiger partial charge in [0.05, 0.1) is 19.9 Å². The highest BCUT2D eigenvalue weighted by Gasteiger charge is 2.20. The van der Waals surface area contributed by atoms with Gasteiger partial charge < -0.3 is 20.5 Å². The maximum absolute atomic E-state index is 12.7. The number of aromatic nitrogens is 1. The van der Waals surface area contributed by atoms with E-state index in [0.717, 1.165) is 22.6 Å². The lowest BCUT2D eigenvalue weighted by molar-refractivity contribution is 0.103. The Morgan fingerprint density at radius 1 is 1.19 bits per heavy atom. The van der Waals surface area contributed by atoms with Crippen molar-refractivity contribution in [2.45, 2.75) is 6.92 Å². The van der Waals surface area contributed by atoms with E-state index in [4.69, 9.17) is 27.4 Å². The molecule has 0 aliphatic rings. The monoisotopic (exact) mass is 401 g/mol. The molecule has 0 aliphatic carbocycles. The molecule has 0 fully saturated rings. The number of carbonyl (C=O) groups excluding carboxylic acids is 1. The fourth-order valence-electron chi connectivity index (χ4n) is 2.64. The molecule has 0 saturated carbocycles. The minimum atomic E-state index is -0.302. The summed E-state index contributed by atoms with van der Waals surface area (Å²) in [7, 11) is 3.13. The van der Waals surface area contributed by atoms with Gasteiger partial charge in [-0.2, -0.15) is 0 Å². The molecule has 0 unspecified atom stereocenters. The summed E-state index contributed by atoms with van der Waals surface area (Å²) < 4.78 is 12.7. The van der Waals surface area contributed by atoms with Crippen LogP contribution in [0.2, 0.25) is 0 Å². The van der Waals surface area contributed by atoms with Crippen molar-refractivity contribution in [2.75, 3.05) is 25.3 Å². The second-order valence-electron chi connectivity index (χ2n) is 5.72. The van der Waals surface area contributed by atoms with Crippen LogP contribution in [-0.4, -0.2) is 24.7 Å². The standard InChI is InChI=1S/C19H19N3O3S2/c1-11-6-4-5-7-13(11)21-18(23)16-17(20)22(19(26)27-16)14-9-8-12(24-2)10-15(14)25-3/h4-10H,20H2,1-3H3,(H,21,23). The quantitative estimate of drug-likeness (QED) is 0.619. The number of anilines is 2. The smallest absolute Gasteiger partial charge is 0.269 e. The number of nitrogens with zero attached hydrogens (tertiary/aromatic N) is 1. The largest absolute Gasteiger partial charge is 0.497 e. The topological polar surface area (TPSA) is 78.5 Å². The van der Waals surface area contributed by atoms with Crippen LogP contribution in [-0.2, 0) is 0 Å². The van der Waals surface area contributed by atoms with Crippen LogP contribution >= 0.6 is 23.6 Å². The number of ether oxygens (including phenoxy) is 2. The van der Waals surface area contributed by atoms with Gasteiger partial charge in [0.15, 0.2) is 3.95 Å². The third-order valence-corrected chi connectivity index (χ3v) is 5.46. The van der Waals surface area contributed by atoms with Crippen molar-refractivity contribution in [3.63, 3.8) is 0 Å². The van der Waals surface area contributed by atoms with Crippen LogP contribution in [0.5, 0.6) is 11.5 Å². The number of para-hydroxylation sites is 1. The molecule has 140 valence electrons. The van der Waals surface area contributed by atoms with Crippen molar-refractivity contribution in [2.24, 2.45) is 0 Å². The first-order chi connectivity index (χ1) is 13.0. The van der Waals surface area contributed by atoms with Gasteiger partial charge in [-0.3, -0.25) is 9.36 Å². The molecule has 3 aromatic rings. The predicted molar refractivity (Wildman–Crippen MR) is 111 cm³/mol. The Balaban J connectivity index is 2.02. The number of carbonyl (C=O) groups is 1. The summed E-state index contributed by atoms with van der Waals surface area (Å²) >= 11 is 6.61. The normalized spacial score (nSPS) is 10.5. The van der Waals surface area contributed by atoms with E-state index in [1.54, 1.807) is 37.0 Å². The Bertz CT molecular complexity index is 1060. The van der Waals surface area contributed by atoms with E-state index in [-0.39, 0.29) is 11.7 Å². The van der Waals surface area contributed by atoms with E-state index in [0.29, 0.717) is 26.0 Å². The van der Waals surface area contributed by atoms with Gasteiger partial charge in [0.2, 0.25) is 0 Å². The number of nitrogens with one attached hydrogen (secondary N) is 1. The first-order valence-electron chi connectivity index (χ1n) is 8.07. The van der Waals surface area contributed by atoms with Gasteiger partial charge in [0.25, 0.3) is 5.91 Å². The zero-order chi connectivity index (χ0) is 19.6. The fraction of sp³-hybridized carbons (Fsp3) is 0.158. The first kappa shape index (κ1) is 18.9. The van der Waals surface area contributed by atoms with E-state index in [1.165, 1.54) is 0 Å². The van der Waals surface area contributed by atoms with E-state index in [2.05, 4.69) is 5.32 Å². The van der Waals surface area contributed by atoms with Gasteiger partial charge in [0, 0.05) is 11.8 Å². The minimum Gasteiger partial charge on any atom is -0.497 e. The number of rotatable bonds is 5. The van der Waals surface area contributed by atoms with E-state index >= 15 is 0 Å². The number of hydrogen-bond acceptors (Lipinski definition) is 6. The van der Waals surface area contributed by atoms with Crippen LogP contribution < -0.4 is 20.5 Å². The van der Waals surface area contributed by atoms with Gasteiger partial charge in [-0.1, -0.05) is 29.5 Å². The van der Waals surface area contributed by atoms with Crippen LogP contribution in [0.25, 0.3) is 5.69 Å². The molecule has 0 radical (unpaired) electrons. The average molecular weight is 402 g/mol. The maximum Gasteiger partial charge on any atom is 0.269 e. The predicted octanol–water partition coefficient (Wildman–Crippen LogP) is 4.43. The lowest BCUT2D eigenvalue weighted by Gasteiger charge is -2.13. The summed E-state index contributed by atoms with van der Waals surface area (Å²) in [6, 6.07) is 12.8. The lowest BCUT2D eigenvalue weighted by atomic mass is 10.2. The Morgan fingerprint density at radius 3 is 2.59 bits per heavy atom. The van der Waals surface area contributed by atoms with Crippen LogP contribution in [0, 0.1) is 10.9 Å². The molecule has 1 aromatic heterocycles. The molecule has 0 aliphatic heterocycles. The molecular weight excluding hydrogens is 382 g/mol. The van der Waals surface area contributed by atoms with Crippen molar-refractivity contribution in [1.29, 1.82) is 0 Å². The number of benzene rings is 2. The van der Waals surface area contributed by atoms with Crippen LogP contribution in [0.1, 0.15) is 15.2 Å².